The summed E-state index contributed by atoms with van der Waals surface area (Å²) in [6.07, 6.45) is 4.16. The number of aliphatic hydroxyl groups is 1. The fraction of sp³-hybridized carbons (Fsp3) is 0.629. The van der Waals surface area contributed by atoms with Gasteiger partial charge in [-0.1, -0.05) is 19.1 Å². The van der Waals surface area contributed by atoms with Gasteiger partial charge in [-0.05, 0) is 56.9 Å². The highest BCUT2D eigenvalue weighted by Gasteiger charge is 2.80. The lowest BCUT2D eigenvalue weighted by Crippen LogP contribution is -2.57. The molecule has 3 amide bonds. The molecule has 1 N–H and O–H groups in total. The minimum Gasteiger partial charge on any atom is -0.494 e. The molecule has 1 spiro atoms. The van der Waals surface area contributed by atoms with Crippen LogP contribution in [0, 0.1) is 17.8 Å². The molecule has 1 aromatic rings. The normalized spacial score (nSPS) is 30.3. The van der Waals surface area contributed by atoms with Crippen LogP contribution in [0.3, 0.4) is 0 Å². The average molecular weight is 639 g/mol. The number of hydrogen-bond acceptors (Lipinski definition) is 8. The number of rotatable bonds is 15. The maximum atomic E-state index is 14.7. The number of carbonyl (C=O) groups is 3. The standard InChI is InChI=1S/C35H50N4O7/c1-6-14-37(18-17-36-19-22-44-23-20-36)33(43)30-35-24-25(4)34(5,46-35)28(29(35)32(42)39(30)16-9-21-40)31(41)38(15-7-2)26-10-12-27(13-11-26)45-8-3/h6-7,10-13,25,28-30,40H,1-2,8-9,14-24H2,3-5H3/t25?,28-,29+,30?,34+,35?/m1/s1. The van der Waals surface area contributed by atoms with Gasteiger partial charge >= 0.3 is 0 Å². The number of benzene rings is 1. The molecule has 252 valence electrons. The molecular formula is C35H50N4O7. The van der Waals surface area contributed by atoms with Crippen molar-refractivity contribution in [3.05, 3.63) is 49.6 Å². The Balaban J connectivity index is 1.50. The van der Waals surface area contributed by atoms with E-state index >= 15 is 0 Å². The highest BCUT2D eigenvalue weighted by molar-refractivity contribution is 6.03. The highest BCUT2D eigenvalue weighted by atomic mass is 16.5. The van der Waals surface area contributed by atoms with Crippen molar-refractivity contribution in [3.63, 3.8) is 0 Å². The smallest absolute Gasteiger partial charge is 0.248 e. The zero-order valence-corrected chi connectivity index (χ0v) is 27.6. The van der Waals surface area contributed by atoms with Gasteiger partial charge in [0.25, 0.3) is 0 Å². The van der Waals surface area contributed by atoms with Crippen LogP contribution in [-0.2, 0) is 23.9 Å². The van der Waals surface area contributed by atoms with Crippen molar-refractivity contribution in [2.24, 2.45) is 17.8 Å². The third-order valence-corrected chi connectivity index (χ3v) is 10.4. The number of fused-ring (bicyclic) bond motifs is 1. The predicted molar refractivity (Wildman–Crippen MR) is 174 cm³/mol. The van der Waals surface area contributed by atoms with E-state index in [1.807, 2.05) is 45.0 Å². The van der Waals surface area contributed by atoms with Crippen molar-refractivity contribution < 1.29 is 33.7 Å². The Morgan fingerprint density at radius 3 is 2.43 bits per heavy atom. The van der Waals surface area contributed by atoms with Crippen LogP contribution in [0.25, 0.3) is 0 Å². The van der Waals surface area contributed by atoms with E-state index in [2.05, 4.69) is 18.1 Å². The number of ether oxygens (including phenoxy) is 3. The summed E-state index contributed by atoms with van der Waals surface area (Å²) in [5.41, 5.74) is -1.47. The number of likely N-dealkylation sites (tertiary alicyclic amines) is 1. The van der Waals surface area contributed by atoms with E-state index in [1.54, 1.807) is 26.9 Å². The number of hydrogen-bond donors (Lipinski definition) is 1. The van der Waals surface area contributed by atoms with E-state index in [9.17, 15) is 19.5 Å². The molecule has 11 heteroatoms. The molecule has 4 heterocycles. The van der Waals surface area contributed by atoms with Crippen LogP contribution < -0.4 is 9.64 Å². The molecular weight excluding hydrogens is 588 g/mol. The van der Waals surface area contributed by atoms with E-state index in [0.29, 0.717) is 63.7 Å². The maximum absolute atomic E-state index is 14.7. The minimum absolute atomic E-state index is 0.0919. The first kappa shape index (κ1) is 34.1. The van der Waals surface area contributed by atoms with Crippen LogP contribution >= 0.6 is 0 Å². The minimum atomic E-state index is -1.17. The van der Waals surface area contributed by atoms with Crippen molar-refractivity contribution in [3.8, 4) is 5.75 Å². The molecule has 4 saturated heterocycles. The molecule has 2 bridgehead atoms. The van der Waals surface area contributed by atoms with Crippen LogP contribution in [-0.4, -0.2) is 127 Å². The number of nitrogens with zero attached hydrogens (tertiary/aromatic N) is 4. The van der Waals surface area contributed by atoms with Gasteiger partial charge < -0.3 is 34.0 Å². The first-order chi connectivity index (χ1) is 22.2. The van der Waals surface area contributed by atoms with Crippen molar-refractivity contribution >= 4 is 23.4 Å². The fourth-order valence-electron chi connectivity index (χ4n) is 8.09. The monoisotopic (exact) mass is 638 g/mol. The van der Waals surface area contributed by atoms with Crippen molar-refractivity contribution in [2.45, 2.75) is 50.9 Å². The van der Waals surface area contributed by atoms with Gasteiger partial charge in [0.2, 0.25) is 17.7 Å². The molecule has 0 aromatic heterocycles. The molecule has 5 rings (SSSR count). The zero-order valence-electron chi connectivity index (χ0n) is 27.6. The molecule has 0 radical (unpaired) electrons. The molecule has 0 saturated carbocycles. The topological polar surface area (TPSA) is 112 Å². The van der Waals surface area contributed by atoms with Crippen LogP contribution in [0.5, 0.6) is 5.75 Å². The maximum Gasteiger partial charge on any atom is 0.248 e. The van der Waals surface area contributed by atoms with E-state index in [1.165, 1.54) is 0 Å². The van der Waals surface area contributed by atoms with Crippen molar-refractivity contribution in [1.29, 1.82) is 0 Å². The predicted octanol–water partition coefficient (Wildman–Crippen LogP) is 2.34. The molecule has 0 aliphatic carbocycles. The van der Waals surface area contributed by atoms with E-state index < -0.39 is 29.1 Å². The molecule has 4 fully saturated rings. The van der Waals surface area contributed by atoms with Gasteiger partial charge in [0.05, 0.1) is 37.3 Å². The SMILES string of the molecule is C=CCN(CCN1CCOCC1)C(=O)C1N(CCCO)C(=O)[C@@H]2[C@H](C(=O)N(CC=C)c3ccc(OCC)cc3)[C@@]3(C)OC12CC3C. The van der Waals surface area contributed by atoms with Crippen molar-refractivity contribution in [2.75, 3.05) is 77.1 Å². The summed E-state index contributed by atoms with van der Waals surface area (Å²) < 4.78 is 18.0. The zero-order chi connectivity index (χ0) is 33.1. The second kappa shape index (κ2) is 14.3. The van der Waals surface area contributed by atoms with Gasteiger partial charge in [-0.15, -0.1) is 13.2 Å². The molecule has 6 atom stereocenters. The number of aliphatic hydroxyl groups excluding tert-OH is 1. The molecule has 46 heavy (non-hydrogen) atoms. The largest absolute Gasteiger partial charge is 0.494 e. The average Bonchev–Trinajstić information content (AvgIpc) is 3.57. The number of morpholine rings is 1. The van der Waals surface area contributed by atoms with Crippen LogP contribution in [0.2, 0.25) is 0 Å². The van der Waals surface area contributed by atoms with Gasteiger partial charge in [-0.3, -0.25) is 19.3 Å². The first-order valence-electron chi connectivity index (χ1n) is 16.6. The second-order valence-electron chi connectivity index (χ2n) is 13.0. The highest BCUT2D eigenvalue weighted by Crippen LogP contribution is 2.65. The lowest BCUT2D eigenvalue weighted by Gasteiger charge is -2.39. The van der Waals surface area contributed by atoms with Crippen LogP contribution in [0.4, 0.5) is 5.69 Å². The van der Waals surface area contributed by atoms with Crippen molar-refractivity contribution in [1.82, 2.24) is 14.7 Å². The molecule has 11 nitrogen and oxygen atoms in total. The Hall–Kier alpha value is -3.25. The third kappa shape index (κ3) is 5.98. The van der Waals surface area contributed by atoms with Crippen LogP contribution in [0.1, 0.15) is 33.6 Å². The third-order valence-electron chi connectivity index (χ3n) is 10.4. The fourth-order valence-corrected chi connectivity index (χ4v) is 8.09. The van der Waals surface area contributed by atoms with Gasteiger partial charge in [0.15, 0.2) is 0 Å². The number of anilines is 1. The summed E-state index contributed by atoms with van der Waals surface area (Å²) in [7, 11) is 0. The summed E-state index contributed by atoms with van der Waals surface area (Å²) in [5.74, 6) is -1.75. The first-order valence-corrected chi connectivity index (χ1v) is 16.6. The van der Waals surface area contributed by atoms with E-state index in [4.69, 9.17) is 14.2 Å². The Morgan fingerprint density at radius 1 is 1.11 bits per heavy atom. The summed E-state index contributed by atoms with van der Waals surface area (Å²) in [6, 6.07) is 6.40. The quantitative estimate of drug-likeness (QED) is 0.292. The van der Waals surface area contributed by atoms with Gasteiger partial charge in [0, 0.05) is 58.1 Å². The van der Waals surface area contributed by atoms with Crippen LogP contribution in [0.15, 0.2) is 49.6 Å². The number of amides is 3. The van der Waals surface area contributed by atoms with Gasteiger partial charge in [-0.2, -0.15) is 0 Å². The lowest BCUT2D eigenvalue weighted by atomic mass is 9.62. The Labute approximate surface area is 272 Å². The van der Waals surface area contributed by atoms with Gasteiger partial charge in [0.1, 0.15) is 17.4 Å². The summed E-state index contributed by atoms with van der Waals surface area (Å²) in [4.78, 5) is 51.2. The molecule has 4 aliphatic rings. The summed E-state index contributed by atoms with van der Waals surface area (Å²) >= 11 is 0. The lowest BCUT2D eigenvalue weighted by molar-refractivity contribution is -0.152. The van der Waals surface area contributed by atoms with E-state index in [-0.39, 0.29) is 43.3 Å². The van der Waals surface area contributed by atoms with E-state index in [0.717, 1.165) is 13.1 Å². The molecule has 4 aliphatic heterocycles. The Morgan fingerprint density at radius 2 is 1.80 bits per heavy atom. The summed E-state index contributed by atoms with van der Waals surface area (Å²) in [6.45, 7) is 18.9. The second-order valence-corrected chi connectivity index (χ2v) is 13.0. The molecule has 1 aromatic carbocycles. The summed E-state index contributed by atoms with van der Waals surface area (Å²) in [5, 5.41) is 9.75. The van der Waals surface area contributed by atoms with Gasteiger partial charge in [-0.25, -0.2) is 0 Å². The number of carbonyl (C=O) groups excluding carboxylic acids is 3. The Kier molecular flexibility index (Phi) is 10.6. The Bertz CT molecular complexity index is 1280. The molecule has 3 unspecified atom stereocenters.